The number of unbranched alkanes of at least 4 members (excludes halogenated alkanes) is 48. The molecule has 0 bridgehead atoms. The molecule has 0 aromatic rings. The molecule has 0 aliphatic heterocycles. The summed E-state index contributed by atoms with van der Waals surface area (Å²) in [7, 11) is -3.93. The molecule has 0 spiro atoms. The van der Waals surface area contributed by atoms with Crippen LogP contribution in [0, 0.1) is 0 Å². The third-order valence-corrected chi connectivity index (χ3v) is 15.8. The lowest BCUT2D eigenvalue weighted by atomic mass is 10.0. The smallest absolute Gasteiger partial charge is 0.302 e. The lowest BCUT2D eigenvalue weighted by molar-refractivity contribution is -0.120. The van der Waals surface area contributed by atoms with Gasteiger partial charge in [-0.3, -0.25) is 18.6 Å². The van der Waals surface area contributed by atoms with Crippen molar-refractivity contribution < 1.29 is 28.1 Å². The van der Waals surface area contributed by atoms with E-state index in [2.05, 4.69) is 13.8 Å². The van der Waals surface area contributed by atoms with Crippen molar-refractivity contribution in [1.29, 1.82) is 0 Å². The molecule has 0 aliphatic carbocycles. The van der Waals surface area contributed by atoms with Crippen molar-refractivity contribution in [2.75, 3.05) is 13.2 Å². The van der Waals surface area contributed by atoms with Gasteiger partial charge >= 0.3 is 7.82 Å². The zero-order valence-electron chi connectivity index (χ0n) is 46.9. The van der Waals surface area contributed by atoms with Gasteiger partial charge in [0.2, 0.25) is 0 Å². The van der Waals surface area contributed by atoms with E-state index < -0.39 is 7.82 Å². The number of hydrogen-bond donors (Lipinski definition) is 1. The molecule has 0 aliphatic rings. The van der Waals surface area contributed by atoms with Gasteiger partial charge in [0.15, 0.2) is 0 Å². The summed E-state index contributed by atoms with van der Waals surface area (Å²) in [6, 6.07) is 0. The number of ketones is 2. The maximum atomic E-state index is 12.2. The predicted octanol–water partition coefficient (Wildman–Crippen LogP) is 22.1. The number of carbonyl (C=O) groups excluding carboxylic acids is 2. The Morgan fingerprint density at radius 3 is 0.580 bits per heavy atom. The van der Waals surface area contributed by atoms with Crippen LogP contribution in [0.5, 0.6) is 0 Å². The first-order chi connectivity index (χ1) is 33.9. The normalized spacial score (nSPS) is 11.9. The first kappa shape index (κ1) is 68.5. The molecule has 0 fully saturated rings. The van der Waals surface area contributed by atoms with Crippen molar-refractivity contribution in [3.05, 3.63) is 0 Å². The molecule has 412 valence electrons. The van der Waals surface area contributed by atoms with Crippen LogP contribution >= 0.6 is 7.82 Å². The number of Topliss-reactive ketones (excluding diaryl/α,β-unsaturated/α-hetero) is 2. The van der Waals surface area contributed by atoms with Crippen molar-refractivity contribution in [2.24, 2.45) is 0 Å². The number of rotatable bonds is 62. The molecule has 0 saturated heterocycles. The fourth-order valence-electron chi connectivity index (χ4n) is 10.1. The second kappa shape index (κ2) is 58.3. The van der Waals surface area contributed by atoms with Crippen molar-refractivity contribution in [2.45, 2.75) is 373 Å². The van der Waals surface area contributed by atoms with Crippen LogP contribution in [0.1, 0.15) is 373 Å². The van der Waals surface area contributed by atoms with E-state index in [1.54, 1.807) is 0 Å². The first-order valence-corrected chi connectivity index (χ1v) is 33.1. The average Bonchev–Trinajstić information content (AvgIpc) is 3.34. The van der Waals surface area contributed by atoms with Crippen LogP contribution in [0.25, 0.3) is 0 Å². The molecule has 0 rings (SSSR count). The van der Waals surface area contributed by atoms with Gasteiger partial charge in [-0.15, -0.1) is 0 Å². The average molecular weight is 996 g/mol. The highest BCUT2D eigenvalue weighted by atomic mass is 31.2. The highest BCUT2D eigenvalue weighted by Gasteiger charge is 2.20. The van der Waals surface area contributed by atoms with Crippen LogP contribution in [0.4, 0.5) is 0 Å². The van der Waals surface area contributed by atoms with Crippen molar-refractivity contribution in [3.8, 4) is 0 Å². The van der Waals surface area contributed by atoms with Crippen LogP contribution in [0.3, 0.4) is 0 Å². The number of carbonyl (C=O) groups is 2. The zero-order valence-corrected chi connectivity index (χ0v) is 47.8. The number of phosphoric ester groups is 1. The van der Waals surface area contributed by atoms with Crippen LogP contribution < -0.4 is 0 Å². The van der Waals surface area contributed by atoms with E-state index in [0.29, 0.717) is 24.8 Å². The maximum absolute atomic E-state index is 12.2. The molecule has 0 heterocycles. The van der Waals surface area contributed by atoms with E-state index >= 15 is 0 Å². The summed E-state index contributed by atoms with van der Waals surface area (Å²) in [4.78, 5) is 34.5. The second-order valence-corrected chi connectivity index (χ2v) is 23.3. The highest BCUT2D eigenvalue weighted by Crippen LogP contribution is 2.43. The minimum atomic E-state index is -3.93. The second-order valence-electron chi connectivity index (χ2n) is 21.9. The Bertz CT molecular complexity index is 987. The van der Waals surface area contributed by atoms with Crippen LogP contribution in [-0.2, 0) is 23.2 Å². The van der Waals surface area contributed by atoms with Gasteiger partial charge in [0.1, 0.15) is 11.6 Å². The predicted molar refractivity (Wildman–Crippen MR) is 302 cm³/mol. The Morgan fingerprint density at radius 1 is 0.261 bits per heavy atom. The molecule has 0 radical (unpaired) electrons. The number of phosphoric acid groups is 1. The molecule has 6 nitrogen and oxygen atoms in total. The Balaban J connectivity index is 3.31. The van der Waals surface area contributed by atoms with Crippen molar-refractivity contribution in [1.82, 2.24) is 0 Å². The molecular formula is C62H123O6P. The molecule has 0 atom stereocenters. The quantitative estimate of drug-likeness (QED) is 0.0482. The van der Waals surface area contributed by atoms with E-state index in [0.717, 1.165) is 89.9 Å². The van der Waals surface area contributed by atoms with Crippen LogP contribution in [0.15, 0.2) is 0 Å². The Morgan fingerprint density at radius 2 is 0.406 bits per heavy atom. The Hall–Kier alpha value is -0.550. The van der Waals surface area contributed by atoms with Gasteiger partial charge in [-0.05, 0) is 38.5 Å². The summed E-state index contributed by atoms with van der Waals surface area (Å²) in [5.41, 5.74) is 0. The monoisotopic (exact) mass is 995 g/mol. The molecule has 0 unspecified atom stereocenters. The van der Waals surface area contributed by atoms with Gasteiger partial charge in [-0.25, -0.2) is 4.57 Å². The highest BCUT2D eigenvalue weighted by molar-refractivity contribution is 7.47. The summed E-state index contributed by atoms with van der Waals surface area (Å²) < 4.78 is 22.7. The summed E-state index contributed by atoms with van der Waals surface area (Å²) in [6.45, 7) is 5.16. The van der Waals surface area contributed by atoms with Gasteiger partial charge in [-0.2, -0.15) is 0 Å². The molecule has 0 amide bonds. The summed E-state index contributed by atoms with van der Waals surface area (Å²) in [5, 5.41) is 0. The molecule has 0 aromatic heterocycles. The van der Waals surface area contributed by atoms with Crippen molar-refractivity contribution in [3.63, 3.8) is 0 Å². The Labute approximate surface area is 432 Å². The minimum absolute atomic E-state index is 0.294. The van der Waals surface area contributed by atoms with Gasteiger partial charge < -0.3 is 4.89 Å². The van der Waals surface area contributed by atoms with Crippen LogP contribution in [-0.4, -0.2) is 29.7 Å². The van der Waals surface area contributed by atoms with Crippen LogP contribution in [0.2, 0.25) is 0 Å². The molecule has 1 N–H and O–H groups in total. The van der Waals surface area contributed by atoms with Gasteiger partial charge in [0, 0.05) is 25.7 Å². The van der Waals surface area contributed by atoms with E-state index in [1.165, 1.54) is 270 Å². The van der Waals surface area contributed by atoms with Gasteiger partial charge in [0.25, 0.3) is 0 Å². The first-order valence-electron chi connectivity index (χ1n) is 31.6. The standard InChI is InChI=1S/C62H123O6P/c1-3-5-7-9-11-13-15-19-25-31-37-43-49-55-61(63)57-51-45-39-33-27-21-17-23-29-35-41-47-53-59-67-69(65,66)68-60-54-48-42-36-30-24-18-22-28-34-40-46-52-58-62(64)56-50-44-38-32-26-20-16-14-12-10-8-6-4-2/h3-60H2,1-2H3,(H,65,66). The third kappa shape index (κ3) is 59.9. The number of hydrogen-bond acceptors (Lipinski definition) is 5. The molecule has 0 saturated carbocycles. The largest absolute Gasteiger partial charge is 0.472 e. The fourth-order valence-corrected chi connectivity index (χ4v) is 10.9. The van der Waals surface area contributed by atoms with Crippen molar-refractivity contribution >= 4 is 19.4 Å². The SMILES string of the molecule is CCCCCCCCCCCCCCCC(=O)CCCCCCCCCCCCCCCOP(=O)(O)OCCCCCCCCCCCCCCCC(=O)CCCCCCCCCCCCCCC. The van der Waals surface area contributed by atoms with E-state index in [1.807, 2.05) is 0 Å². The topological polar surface area (TPSA) is 89.9 Å². The lowest BCUT2D eigenvalue weighted by Gasteiger charge is -2.12. The summed E-state index contributed by atoms with van der Waals surface area (Å²) in [5.74, 6) is 0.983. The maximum Gasteiger partial charge on any atom is 0.472 e. The third-order valence-electron chi connectivity index (χ3n) is 14.8. The minimum Gasteiger partial charge on any atom is -0.302 e. The Kier molecular flexibility index (Phi) is 57.9. The van der Waals surface area contributed by atoms with Gasteiger partial charge in [-0.1, -0.05) is 309 Å². The zero-order chi connectivity index (χ0) is 50.1. The van der Waals surface area contributed by atoms with E-state index in [4.69, 9.17) is 9.05 Å². The molecule has 0 aromatic carbocycles. The van der Waals surface area contributed by atoms with E-state index in [9.17, 15) is 19.0 Å². The molecule has 7 heteroatoms. The molecular weight excluding hydrogens is 872 g/mol. The lowest BCUT2D eigenvalue weighted by Crippen LogP contribution is -1.99. The molecule has 69 heavy (non-hydrogen) atoms. The fraction of sp³-hybridized carbons (Fsp3) is 0.968. The van der Waals surface area contributed by atoms with Gasteiger partial charge in [0.05, 0.1) is 13.2 Å². The summed E-state index contributed by atoms with van der Waals surface area (Å²) >= 11 is 0. The van der Waals surface area contributed by atoms with E-state index in [-0.39, 0.29) is 0 Å². The summed E-state index contributed by atoms with van der Waals surface area (Å²) in [6.07, 6.45) is 69.7.